The van der Waals surface area contributed by atoms with Crippen molar-refractivity contribution in [3.63, 3.8) is 0 Å². The highest BCUT2D eigenvalue weighted by Gasteiger charge is 2.11. The largest absolute Gasteiger partial charge is 0.396 e. The maximum atomic E-state index is 11.9. The van der Waals surface area contributed by atoms with Gasteiger partial charge in [0.15, 0.2) is 0 Å². The predicted octanol–water partition coefficient (Wildman–Crippen LogP) is 1.77. The lowest BCUT2D eigenvalue weighted by Gasteiger charge is -2.06. The monoisotopic (exact) mass is 278 g/mol. The van der Waals surface area contributed by atoms with Crippen molar-refractivity contribution in [1.29, 1.82) is 0 Å². The van der Waals surface area contributed by atoms with Crippen LogP contribution in [0.4, 0.5) is 5.69 Å². The molecule has 5 nitrogen and oxygen atoms in total. The summed E-state index contributed by atoms with van der Waals surface area (Å²) in [6.45, 7) is 6.51. The minimum atomic E-state index is -0.0591. The number of anilines is 1. The Bertz CT molecular complexity index is 600. The quantitative estimate of drug-likeness (QED) is 0.895. The summed E-state index contributed by atoms with van der Waals surface area (Å²) in [6, 6.07) is 0. The summed E-state index contributed by atoms with van der Waals surface area (Å²) in [4.78, 5) is 11.9. The van der Waals surface area contributed by atoms with Crippen LogP contribution in [0.1, 0.15) is 22.5 Å². The number of nitrogens with one attached hydrogen (secondary N) is 1. The molecule has 0 aliphatic heterocycles. The van der Waals surface area contributed by atoms with Gasteiger partial charge in [-0.3, -0.25) is 9.48 Å². The third-order valence-electron chi connectivity index (χ3n) is 3.17. The third-order valence-corrected chi connectivity index (χ3v) is 4.08. The lowest BCUT2D eigenvalue weighted by Crippen LogP contribution is -2.28. The zero-order valence-electron chi connectivity index (χ0n) is 11.4. The Balaban J connectivity index is 1.94. The third kappa shape index (κ3) is 2.96. The SMILES string of the molecule is Cc1cscc1CNC(=O)Cn1nc(C)c(N)c1C. The van der Waals surface area contributed by atoms with Crippen LogP contribution in [0.3, 0.4) is 0 Å². The van der Waals surface area contributed by atoms with Gasteiger partial charge < -0.3 is 11.1 Å². The van der Waals surface area contributed by atoms with Crippen LogP contribution in [0.2, 0.25) is 0 Å². The molecule has 0 bridgehead atoms. The summed E-state index contributed by atoms with van der Waals surface area (Å²) in [5.41, 5.74) is 10.5. The Labute approximate surface area is 116 Å². The first kappa shape index (κ1) is 13.6. The molecule has 0 aromatic carbocycles. The van der Waals surface area contributed by atoms with Gasteiger partial charge in [0.05, 0.1) is 17.1 Å². The Morgan fingerprint density at radius 3 is 2.68 bits per heavy atom. The summed E-state index contributed by atoms with van der Waals surface area (Å²) in [5.74, 6) is -0.0591. The second kappa shape index (κ2) is 5.44. The van der Waals surface area contributed by atoms with E-state index >= 15 is 0 Å². The molecule has 3 N–H and O–H groups in total. The highest BCUT2D eigenvalue weighted by molar-refractivity contribution is 7.08. The van der Waals surface area contributed by atoms with Crippen LogP contribution in [0, 0.1) is 20.8 Å². The Kier molecular flexibility index (Phi) is 3.90. The van der Waals surface area contributed by atoms with Gasteiger partial charge >= 0.3 is 0 Å². The van der Waals surface area contributed by atoms with Gasteiger partial charge in [0, 0.05) is 6.54 Å². The molecule has 2 rings (SSSR count). The zero-order chi connectivity index (χ0) is 14.0. The normalized spacial score (nSPS) is 10.7. The fraction of sp³-hybridized carbons (Fsp3) is 0.385. The number of aryl methyl sites for hydroxylation is 2. The van der Waals surface area contributed by atoms with E-state index < -0.39 is 0 Å². The Hall–Kier alpha value is -1.82. The van der Waals surface area contributed by atoms with Crippen LogP contribution in [0.15, 0.2) is 10.8 Å². The van der Waals surface area contributed by atoms with Gasteiger partial charge in [0.25, 0.3) is 0 Å². The van der Waals surface area contributed by atoms with E-state index in [1.54, 1.807) is 16.0 Å². The van der Waals surface area contributed by atoms with Gasteiger partial charge in [-0.1, -0.05) is 0 Å². The molecular formula is C13H18N4OS. The molecule has 0 aliphatic carbocycles. The molecule has 2 aromatic heterocycles. The summed E-state index contributed by atoms with van der Waals surface area (Å²) in [7, 11) is 0. The van der Waals surface area contributed by atoms with E-state index in [1.165, 1.54) is 5.56 Å². The summed E-state index contributed by atoms with van der Waals surface area (Å²) >= 11 is 1.64. The van der Waals surface area contributed by atoms with E-state index in [-0.39, 0.29) is 12.5 Å². The van der Waals surface area contributed by atoms with Crippen LogP contribution in [-0.2, 0) is 17.9 Å². The van der Waals surface area contributed by atoms with E-state index in [2.05, 4.69) is 21.2 Å². The van der Waals surface area contributed by atoms with Crippen molar-refractivity contribution in [1.82, 2.24) is 15.1 Å². The van der Waals surface area contributed by atoms with Crippen LogP contribution >= 0.6 is 11.3 Å². The number of nitrogens with zero attached hydrogens (tertiary/aromatic N) is 2. The number of nitrogens with two attached hydrogens (primary N) is 1. The molecule has 102 valence electrons. The number of carbonyl (C=O) groups is 1. The van der Waals surface area contributed by atoms with Gasteiger partial charge in [-0.25, -0.2) is 0 Å². The van der Waals surface area contributed by atoms with Crippen molar-refractivity contribution in [3.05, 3.63) is 33.3 Å². The molecule has 6 heteroatoms. The number of aromatic nitrogens is 2. The number of hydrogen-bond acceptors (Lipinski definition) is 4. The van der Waals surface area contributed by atoms with Crippen LogP contribution in [0.25, 0.3) is 0 Å². The number of rotatable bonds is 4. The molecule has 0 fully saturated rings. The molecule has 0 spiro atoms. The van der Waals surface area contributed by atoms with Gasteiger partial charge in [-0.2, -0.15) is 16.4 Å². The Morgan fingerprint density at radius 2 is 2.16 bits per heavy atom. The molecule has 1 amide bonds. The van der Waals surface area contributed by atoms with Gasteiger partial charge in [-0.15, -0.1) is 0 Å². The topological polar surface area (TPSA) is 72.9 Å². The average Bonchev–Trinajstić information content (AvgIpc) is 2.87. The van der Waals surface area contributed by atoms with E-state index in [0.717, 1.165) is 17.0 Å². The first-order valence-electron chi connectivity index (χ1n) is 6.07. The number of hydrogen-bond donors (Lipinski definition) is 2. The maximum Gasteiger partial charge on any atom is 0.242 e. The summed E-state index contributed by atoms with van der Waals surface area (Å²) < 4.78 is 1.64. The van der Waals surface area contributed by atoms with Gasteiger partial charge in [0.2, 0.25) is 5.91 Å². The van der Waals surface area contributed by atoms with Crippen LogP contribution in [0.5, 0.6) is 0 Å². The zero-order valence-corrected chi connectivity index (χ0v) is 12.2. The van der Waals surface area contributed by atoms with Gasteiger partial charge in [-0.05, 0) is 42.7 Å². The van der Waals surface area contributed by atoms with E-state index in [1.807, 2.05) is 20.8 Å². The molecule has 0 saturated carbocycles. The Morgan fingerprint density at radius 1 is 1.42 bits per heavy atom. The number of nitrogen functional groups attached to an aromatic ring is 1. The molecular weight excluding hydrogens is 260 g/mol. The van der Waals surface area contributed by atoms with E-state index in [4.69, 9.17) is 5.73 Å². The molecule has 0 saturated heterocycles. The predicted molar refractivity (Wildman–Crippen MR) is 77.0 cm³/mol. The minimum absolute atomic E-state index is 0.0591. The first-order chi connectivity index (χ1) is 8.99. The first-order valence-corrected chi connectivity index (χ1v) is 7.01. The van der Waals surface area contributed by atoms with Crippen LogP contribution in [-0.4, -0.2) is 15.7 Å². The van der Waals surface area contributed by atoms with Crippen molar-refractivity contribution in [2.24, 2.45) is 0 Å². The lowest BCUT2D eigenvalue weighted by molar-refractivity contribution is -0.122. The van der Waals surface area contributed by atoms with Crippen molar-refractivity contribution >= 4 is 22.9 Å². The van der Waals surface area contributed by atoms with Crippen molar-refractivity contribution in [2.75, 3.05) is 5.73 Å². The smallest absolute Gasteiger partial charge is 0.242 e. The standard InChI is InChI=1S/C13H18N4OS/c1-8-6-19-7-11(8)4-15-12(18)5-17-10(3)13(14)9(2)16-17/h6-7H,4-5,14H2,1-3H3,(H,15,18). The highest BCUT2D eigenvalue weighted by atomic mass is 32.1. The average molecular weight is 278 g/mol. The summed E-state index contributed by atoms with van der Waals surface area (Å²) in [6.07, 6.45) is 0. The maximum absolute atomic E-state index is 11.9. The molecule has 19 heavy (non-hydrogen) atoms. The molecule has 0 aliphatic rings. The lowest BCUT2D eigenvalue weighted by atomic mass is 10.2. The van der Waals surface area contributed by atoms with Crippen molar-refractivity contribution in [3.8, 4) is 0 Å². The van der Waals surface area contributed by atoms with E-state index in [9.17, 15) is 4.79 Å². The second-order valence-corrected chi connectivity index (χ2v) is 5.34. The molecule has 0 atom stereocenters. The number of thiophene rings is 1. The van der Waals surface area contributed by atoms with Crippen LogP contribution < -0.4 is 11.1 Å². The second-order valence-electron chi connectivity index (χ2n) is 4.60. The van der Waals surface area contributed by atoms with Crippen molar-refractivity contribution in [2.45, 2.75) is 33.9 Å². The molecule has 2 heterocycles. The highest BCUT2D eigenvalue weighted by Crippen LogP contribution is 2.15. The minimum Gasteiger partial charge on any atom is -0.396 e. The van der Waals surface area contributed by atoms with Crippen molar-refractivity contribution < 1.29 is 4.79 Å². The molecule has 0 radical (unpaired) electrons. The number of amides is 1. The summed E-state index contributed by atoms with van der Waals surface area (Å²) in [5, 5.41) is 11.3. The molecule has 2 aromatic rings. The van der Waals surface area contributed by atoms with Gasteiger partial charge in [0.1, 0.15) is 6.54 Å². The molecule has 0 unspecified atom stereocenters. The fourth-order valence-corrected chi connectivity index (χ4v) is 2.68. The van der Waals surface area contributed by atoms with E-state index in [0.29, 0.717) is 12.2 Å². The fourth-order valence-electron chi connectivity index (χ4n) is 1.82. The number of carbonyl (C=O) groups excluding carboxylic acids is 1.